The van der Waals surface area contributed by atoms with Gasteiger partial charge in [-0.05, 0) is 50.7 Å². The topological polar surface area (TPSA) is 21.3 Å². The lowest BCUT2D eigenvalue weighted by atomic mass is 9.78. The fourth-order valence-corrected chi connectivity index (χ4v) is 4.23. The van der Waals surface area contributed by atoms with Gasteiger partial charge in [0.1, 0.15) is 0 Å². The molecule has 2 heteroatoms. The predicted octanol–water partition coefficient (Wildman–Crippen LogP) is 4.53. The molecule has 2 atom stereocenters. The lowest BCUT2D eigenvalue weighted by Gasteiger charge is -2.44. The summed E-state index contributed by atoms with van der Waals surface area (Å²) in [5.41, 5.74) is 3.01. The van der Waals surface area contributed by atoms with Crippen molar-refractivity contribution in [3.63, 3.8) is 0 Å². The molecule has 2 aliphatic rings. The first-order chi connectivity index (χ1) is 10.2. The average molecular weight is 287 g/mol. The molecule has 1 unspecified atom stereocenters. The van der Waals surface area contributed by atoms with Crippen LogP contribution in [0.2, 0.25) is 0 Å². The lowest BCUT2D eigenvalue weighted by molar-refractivity contribution is -0.110. The summed E-state index contributed by atoms with van der Waals surface area (Å²) in [4.78, 5) is 0. The van der Waals surface area contributed by atoms with Crippen LogP contribution in [-0.4, -0.2) is 18.2 Å². The normalized spacial score (nSPS) is 26.7. The van der Waals surface area contributed by atoms with E-state index in [1.807, 2.05) is 0 Å². The first-order valence-corrected chi connectivity index (χ1v) is 8.64. The van der Waals surface area contributed by atoms with Gasteiger partial charge in [-0.15, -0.1) is 0 Å². The molecular formula is C19H29NO. The van der Waals surface area contributed by atoms with Crippen molar-refractivity contribution < 1.29 is 4.74 Å². The Labute approximate surface area is 129 Å². The molecule has 1 aromatic carbocycles. The smallest absolute Gasteiger partial charge is 0.0697 e. The van der Waals surface area contributed by atoms with Crippen molar-refractivity contribution in [1.82, 2.24) is 5.32 Å². The Morgan fingerprint density at radius 1 is 1.19 bits per heavy atom. The molecule has 2 fully saturated rings. The van der Waals surface area contributed by atoms with E-state index in [0.29, 0.717) is 12.1 Å². The van der Waals surface area contributed by atoms with E-state index in [2.05, 4.69) is 43.4 Å². The highest BCUT2D eigenvalue weighted by molar-refractivity contribution is 5.28. The van der Waals surface area contributed by atoms with Crippen LogP contribution in [0.15, 0.2) is 24.3 Å². The van der Waals surface area contributed by atoms with Crippen molar-refractivity contribution in [2.24, 2.45) is 0 Å². The van der Waals surface area contributed by atoms with E-state index in [-0.39, 0.29) is 5.60 Å². The predicted molar refractivity (Wildman–Crippen MR) is 87.5 cm³/mol. The molecule has 1 aromatic rings. The van der Waals surface area contributed by atoms with Gasteiger partial charge in [0.05, 0.1) is 5.60 Å². The van der Waals surface area contributed by atoms with Crippen LogP contribution in [0.1, 0.15) is 69.0 Å². The van der Waals surface area contributed by atoms with Crippen LogP contribution < -0.4 is 5.32 Å². The van der Waals surface area contributed by atoms with Crippen LogP contribution >= 0.6 is 0 Å². The summed E-state index contributed by atoms with van der Waals surface area (Å²) in [6, 6.07) is 9.76. The Hall–Kier alpha value is -0.860. The number of aryl methyl sites for hydroxylation is 1. The van der Waals surface area contributed by atoms with E-state index in [1.165, 1.54) is 49.7 Å². The van der Waals surface area contributed by atoms with Crippen molar-refractivity contribution >= 4 is 0 Å². The summed E-state index contributed by atoms with van der Waals surface area (Å²) >= 11 is 0. The molecule has 1 heterocycles. The highest BCUT2D eigenvalue weighted by atomic mass is 16.5. The molecule has 0 bridgehead atoms. The average Bonchev–Trinajstić information content (AvgIpc) is 2.48. The van der Waals surface area contributed by atoms with E-state index in [0.717, 1.165) is 13.0 Å². The highest BCUT2D eigenvalue weighted by Gasteiger charge is 2.38. The Bertz CT molecular complexity index is 459. The maximum Gasteiger partial charge on any atom is 0.0697 e. The second-order valence-corrected chi connectivity index (χ2v) is 7.03. The molecule has 1 N–H and O–H groups in total. The fraction of sp³-hybridized carbons (Fsp3) is 0.684. The molecule has 0 amide bonds. The number of nitrogens with one attached hydrogen (secondary N) is 1. The molecule has 1 spiro atoms. The summed E-state index contributed by atoms with van der Waals surface area (Å²) < 4.78 is 6.21. The van der Waals surface area contributed by atoms with Crippen LogP contribution in [0.4, 0.5) is 0 Å². The minimum absolute atomic E-state index is 0.194. The van der Waals surface area contributed by atoms with Gasteiger partial charge in [0, 0.05) is 18.7 Å². The Morgan fingerprint density at radius 2 is 1.95 bits per heavy atom. The van der Waals surface area contributed by atoms with Gasteiger partial charge in [-0.1, -0.05) is 43.5 Å². The van der Waals surface area contributed by atoms with Crippen molar-refractivity contribution in [3.05, 3.63) is 35.4 Å². The molecule has 1 aliphatic heterocycles. The number of hydrogen-bond acceptors (Lipinski definition) is 2. The monoisotopic (exact) mass is 287 g/mol. The van der Waals surface area contributed by atoms with Gasteiger partial charge in [-0.2, -0.15) is 0 Å². The second kappa shape index (κ2) is 6.50. The number of rotatable bonds is 3. The molecule has 3 rings (SSSR count). The first kappa shape index (κ1) is 15.1. The Balaban J connectivity index is 1.63. The molecule has 1 saturated heterocycles. The highest BCUT2D eigenvalue weighted by Crippen LogP contribution is 2.39. The molecule has 0 aromatic heterocycles. The quantitative estimate of drug-likeness (QED) is 0.882. The van der Waals surface area contributed by atoms with Crippen molar-refractivity contribution in [2.45, 2.75) is 76.5 Å². The SMILES string of the molecule is Cc1ccccc1[C@H](C)NC1CCOC2(CCCCC2)C1. The molecule has 2 nitrogen and oxygen atoms in total. The Kier molecular flexibility index (Phi) is 4.66. The molecule has 1 saturated carbocycles. The van der Waals surface area contributed by atoms with Gasteiger partial charge in [-0.25, -0.2) is 0 Å². The van der Waals surface area contributed by atoms with Crippen LogP contribution in [0, 0.1) is 6.92 Å². The van der Waals surface area contributed by atoms with Gasteiger partial charge in [-0.3, -0.25) is 0 Å². The van der Waals surface area contributed by atoms with E-state index in [4.69, 9.17) is 4.74 Å². The lowest BCUT2D eigenvalue weighted by Crippen LogP contribution is -2.48. The Morgan fingerprint density at radius 3 is 2.71 bits per heavy atom. The zero-order valence-electron chi connectivity index (χ0n) is 13.5. The second-order valence-electron chi connectivity index (χ2n) is 7.03. The molecule has 0 radical (unpaired) electrons. The van der Waals surface area contributed by atoms with Crippen LogP contribution in [0.5, 0.6) is 0 Å². The zero-order valence-corrected chi connectivity index (χ0v) is 13.5. The van der Waals surface area contributed by atoms with Gasteiger partial charge in [0.2, 0.25) is 0 Å². The van der Waals surface area contributed by atoms with Crippen LogP contribution in [-0.2, 0) is 4.74 Å². The van der Waals surface area contributed by atoms with E-state index >= 15 is 0 Å². The number of ether oxygens (including phenoxy) is 1. The van der Waals surface area contributed by atoms with Gasteiger partial charge in [0.25, 0.3) is 0 Å². The molecule has 116 valence electrons. The minimum atomic E-state index is 0.194. The summed E-state index contributed by atoms with van der Waals surface area (Å²) in [6.07, 6.45) is 8.97. The van der Waals surface area contributed by atoms with Crippen molar-refractivity contribution in [3.8, 4) is 0 Å². The first-order valence-electron chi connectivity index (χ1n) is 8.64. The largest absolute Gasteiger partial charge is 0.375 e. The molecular weight excluding hydrogens is 258 g/mol. The third-order valence-corrected chi connectivity index (χ3v) is 5.40. The van der Waals surface area contributed by atoms with Gasteiger partial charge in [0.15, 0.2) is 0 Å². The maximum atomic E-state index is 6.21. The zero-order chi connectivity index (χ0) is 14.7. The number of hydrogen-bond donors (Lipinski definition) is 1. The summed E-state index contributed by atoms with van der Waals surface area (Å²) in [5.74, 6) is 0. The van der Waals surface area contributed by atoms with Gasteiger partial charge >= 0.3 is 0 Å². The minimum Gasteiger partial charge on any atom is -0.375 e. The molecule has 21 heavy (non-hydrogen) atoms. The molecule has 1 aliphatic carbocycles. The van der Waals surface area contributed by atoms with Gasteiger partial charge < -0.3 is 10.1 Å². The van der Waals surface area contributed by atoms with E-state index < -0.39 is 0 Å². The third-order valence-electron chi connectivity index (χ3n) is 5.40. The van der Waals surface area contributed by atoms with Crippen LogP contribution in [0.3, 0.4) is 0 Å². The van der Waals surface area contributed by atoms with E-state index in [9.17, 15) is 0 Å². The summed E-state index contributed by atoms with van der Waals surface area (Å²) in [5, 5.41) is 3.87. The van der Waals surface area contributed by atoms with E-state index in [1.54, 1.807) is 0 Å². The maximum absolute atomic E-state index is 6.21. The van der Waals surface area contributed by atoms with Crippen molar-refractivity contribution in [1.29, 1.82) is 0 Å². The van der Waals surface area contributed by atoms with Crippen molar-refractivity contribution in [2.75, 3.05) is 6.61 Å². The third kappa shape index (κ3) is 3.49. The fourth-order valence-electron chi connectivity index (χ4n) is 4.23. The summed E-state index contributed by atoms with van der Waals surface area (Å²) in [6.45, 7) is 5.43. The standard InChI is InChI=1S/C19H29NO/c1-15-8-4-5-9-18(15)16(2)20-17-10-13-21-19(14-17)11-6-3-7-12-19/h4-5,8-9,16-17,20H,3,6-7,10-14H2,1-2H3/t16-,17?/m0/s1. The number of benzene rings is 1. The summed E-state index contributed by atoms with van der Waals surface area (Å²) in [7, 11) is 0. The van der Waals surface area contributed by atoms with Crippen LogP contribution in [0.25, 0.3) is 0 Å².